The second-order valence-electron chi connectivity index (χ2n) is 33.8. The van der Waals surface area contributed by atoms with E-state index >= 15 is 0 Å². The van der Waals surface area contributed by atoms with Crippen molar-refractivity contribution in [2.75, 3.05) is 9.80 Å². The number of nitrogens with zero attached hydrogens (tertiary/aromatic N) is 4. The van der Waals surface area contributed by atoms with Gasteiger partial charge in [0.1, 0.15) is 0 Å². The first kappa shape index (κ1) is 76.5. The van der Waals surface area contributed by atoms with Gasteiger partial charge in [-0.2, -0.15) is 0 Å². The third-order valence-electron chi connectivity index (χ3n) is 26.4. The summed E-state index contributed by atoms with van der Waals surface area (Å²) in [6.45, 7) is 0. The van der Waals surface area contributed by atoms with Crippen molar-refractivity contribution in [3.63, 3.8) is 0 Å². The highest BCUT2D eigenvalue weighted by Gasteiger charge is 2.22. The molecule has 0 saturated carbocycles. The van der Waals surface area contributed by atoms with Crippen molar-refractivity contribution in [3.8, 4) is 89.3 Å². The zero-order chi connectivity index (χ0) is 86.0. The fourth-order valence-electron chi connectivity index (χ4n) is 20.0. The Balaban J connectivity index is 0.000000145. The molecule has 0 radical (unpaired) electrons. The predicted molar refractivity (Wildman–Crippen MR) is 554 cm³/mol. The first-order valence-corrected chi connectivity index (χ1v) is 44.7. The van der Waals surface area contributed by atoms with Crippen LogP contribution < -0.4 is 9.80 Å². The lowest BCUT2D eigenvalue weighted by Crippen LogP contribution is -2.09. The van der Waals surface area contributed by atoms with Crippen molar-refractivity contribution >= 4 is 142 Å². The minimum atomic E-state index is 1.09. The van der Waals surface area contributed by atoms with Gasteiger partial charge in [0, 0.05) is 67.0 Å². The lowest BCUT2D eigenvalue weighted by atomic mass is 9.92. The molecule has 0 aliphatic carbocycles. The standard InChI is InChI=1S/C66H44N2.C60H40N2/c1-4-14-45(15-5-1)47-24-33-54(34-25-47)67(55-35-26-48(27-36-55)50-30-39-61-59-22-11-10-20-57(59)58-21-12-13-23-60(58)62(61)42-50)56-37-28-49(29-38-56)52-32-41-66-64(44-52)63-43-51(46-16-6-2-7-17-46)31-40-65(63)68(66)53-18-8-3-9-19-53;1-3-13-41(14-4-1)42-23-31-48(32-24-42)61(49-33-25-43(26-34-49)45-29-37-55-53-19-8-7-17-51(53)52-18-9-10-20-54(52)57(55)39-45)50-35-27-44(28-36-50)46-30-38-60-58(40-46)56-21-11-12-22-59(56)62(60)47-15-5-2-6-16-47/h1-44H;1-40H. The van der Waals surface area contributed by atoms with Crippen LogP contribution >= 0.6 is 0 Å². The van der Waals surface area contributed by atoms with Crippen LogP contribution in [0.2, 0.25) is 0 Å². The first-order valence-electron chi connectivity index (χ1n) is 44.7. The number of anilines is 6. The Labute approximate surface area is 754 Å². The molecule has 0 bridgehead atoms. The summed E-state index contributed by atoms with van der Waals surface area (Å²) >= 11 is 0. The molecule has 25 rings (SSSR count). The molecular weight excluding hydrogens is 1570 g/mol. The second-order valence-corrected chi connectivity index (χ2v) is 33.8. The molecule has 23 aromatic carbocycles. The highest BCUT2D eigenvalue weighted by Crippen LogP contribution is 2.47. The molecule has 0 amide bonds. The average molecular weight is 1650 g/mol. The Morgan fingerprint density at radius 1 is 0.108 bits per heavy atom. The third-order valence-corrected chi connectivity index (χ3v) is 26.4. The number of aromatic nitrogens is 2. The molecular formula is C126H84N4. The van der Waals surface area contributed by atoms with E-state index in [1.807, 2.05) is 0 Å². The van der Waals surface area contributed by atoms with Crippen LogP contribution in [0.4, 0.5) is 34.1 Å². The van der Waals surface area contributed by atoms with Crippen LogP contribution in [0.3, 0.4) is 0 Å². The number of para-hydroxylation sites is 3. The van der Waals surface area contributed by atoms with Crippen LogP contribution in [0, 0.1) is 0 Å². The van der Waals surface area contributed by atoms with E-state index in [0.29, 0.717) is 0 Å². The number of hydrogen-bond acceptors (Lipinski definition) is 2. The van der Waals surface area contributed by atoms with Gasteiger partial charge in [-0.05, 0) is 294 Å². The van der Waals surface area contributed by atoms with Crippen molar-refractivity contribution in [1.29, 1.82) is 0 Å². The first-order chi connectivity index (χ1) is 64.5. The molecule has 0 aliphatic heterocycles. The monoisotopic (exact) mass is 1650 g/mol. The van der Waals surface area contributed by atoms with Gasteiger partial charge in [-0.1, -0.05) is 358 Å². The van der Waals surface area contributed by atoms with E-state index < -0.39 is 0 Å². The molecule has 4 nitrogen and oxygen atoms in total. The van der Waals surface area contributed by atoms with E-state index in [1.165, 1.54) is 192 Å². The Kier molecular flexibility index (Phi) is 19.3. The minimum absolute atomic E-state index is 1.09. The van der Waals surface area contributed by atoms with Crippen molar-refractivity contribution in [1.82, 2.24) is 9.13 Å². The molecule has 25 aromatic rings. The van der Waals surface area contributed by atoms with Crippen LogP contribution in [0.15, 0.2) is 510 Å². The van der Waals surface area contributed by atoms with Gasteiger partial charge in [0.2, 0.25) is 0 Å². The van der Waals surface area contributed by atoms with Crippen molar-refractivity contribution in [2.24, 2.45) is 0 Å². The normalized spacial score (nSPS) is 11.5. The van der Waals surface area contributed by atoms with E-state index in [2.05, 4.69) is 529 Å². The quantitative estimate of drug-likeness (QED) is 0.0951. The van der Waals surface area contributed by atoms with Gasteiger partial charge in [-0.3, -0.25) is 0 Å². The number of fused-ring (bicyclic) bond motifs is 18. The molecule has 2 heterocycles. The zero-order valence-corrected chi connectivity index (χ0v) is 71.3. The van der Waals surface area contributed by atoms with Gasteiger partial charge in [0.05, 0.1) is 22.1 Å². The largest absolute Gasteiger partial charge is 0.311 e. The van der Waals surface area contributed by atoms with E-state index in [9.17, 15) is 0 Å². The third kappa shape index (κ3) is 13.8. The summed E-state index contributed by atoms with van der Waals surface area (Å²) in [4.78, 5) is 4.73. The molecule has 0 unspecified atom stereocenters. The maximum absolute atomic E-state index is 2.39. The fourth-order valence-corrected chi connectivity index (χ4v) is 20.0. The van der Waals surface area contributed by atoms with Crippen LogP contribution in [0.1, 0.15) is 0 Å². The van der Waals surface area contributed by atoms with Crippen molar-refractivity contribution in [3.05, 3.63) is 510 Å². The number of benzene rings is 23. The molecule has 0 spiro atoms. The van der Waals surface area contributed by atoms with Crippen molar-refractivity contribution < 1.29 is 0 Å². The lowest BCUT2D eigenvalue weighted by Gasteiger charge is -2.26. The van der Waals surface area contributed by atoms with Crippen LogP contribution in [0.25, 0.3) is 198 Å². The van der Waals surface area contributed by atoms with E-state index in [1.54, 1.807) is 0 Å². The summed E-state index contributed by atoms with van der Waals surface area (Å²) in [6, 6.07) is 186. The molecule has 608 valence electrons. The van der Waals surface area contributed by atoms with E-state index in [4.69, 9.17) is 0 Å². The van der Waals surface area contributed by atoms with Crippen LogP contribution in [-0.4, -0.2) is 9.13 Å². The summed E-state index contributed by atoms with van der Waals surface area (Å²) in [5, 5.41) is 20.4. The predicted octanol–water partition coefficient (Wildman–Crippen LogP) is 35.1. The summed E-state index contributed by atoms with van der Waals surface area (Å²) < 4.78 is 4.76. The number of hydrogen-bond donors (Lipinski definition) is 0. The van der Waals surface area contributed by atoms with Gasteiger partial charge in [-0.15, -0.1) is 0 Å². The van der Waals surface area contributed by atoms with Gasteiger partial charge < -0.3 is 18.9 Å². The number of rotatable bonds is 15. The molecule has 0 saturated heterocycles. The smallest absolute Gasteiger partial charge is 0.0541 e. The highest BCUT2D eigenvalue weighted by atomic mass is 15.1. The Bertz CT molecular complexity index is 8500. The molecule has 130 heavy (non-hydrogen) atoms. The zero-order valence-electron chi connectivity index (χ0n) is 71.3. The summed E-state index contributed by atoms with van der Waals surface area (Å²) in [6.07, 6.45) is 0. The van der Waals surface area contributed by atoms with Gasteiger partial charge in [0.25, 0.3) is 0 Å². The topological polar surface area (TPSA) is 16.3 Å². The second kappa shape index (κ2) is 32.7. The van der Waals surface area contributed by atoms with Crippen molar-refractivity contribution in [2.45, 2.75) is 0 Å². The Hall–Kier alpha value is -17.2. The molecule has 2 aromatic heterocycles. The van der Waals surface area contributed by atoms with E-state index in [0.717, 1.165) is 39.8 Å². The molecule has 0 fully saturated rings. The summed E-state index contributed by atoms with van der Waals surface area (Å²) in [7, 11) is 0. The minimum Gasteiger partial charge on any atom is -0.311 e. The lowest BCUT2D eigenvalue weighted by molar-refractivity contribution is 1.18. The molecule has 0 atom stereocenters. The Morgan fingerprint density at radius 3 is 0.554 bits per heavy atom. The fraction of sp³-hybridized carbons (Fsp3) is 0. The molecule has 4 heteroatoms. The SMILES string of the molecule is c1ccc(-c2ccc(N(c3ccc(-c4ccc5c6ccccc6c6ccccc6c5c4)cc3)c3ccc(-c4ccc5c(c4)c4cc(-c6ccccc6)ccc4n5-c4ccccc4)cc3)cc2)cc1.c1ccc(-c2ccc(N(c3ccc(-c4ccc5c6ccccc6c6ccccc6c5c4)cc3)c3ccc(-c4ccc5c(c4)c4ccccc4n5-c4ccccc4)cc3)cc2)cc1. The maximum Gasteiger partial charge on any atom is 0.0541 e. The molecule has 0 aliphatic rings. The van der Waals surface area contributed by atoms with Gasteiger partial charge in [-0.25, -0.2) is 0 Å². The maximum atomic E-state index is 2.39. The van der Waals surface area contributed by atoms with E-state index in [-0.39, 0.29) is 0 Å². The van der Waals surface area contributed by atoms with Gasteiger partial charge >= 0.3 is 0 Å². The summed E-state index contributed by atoms with van der Waals surface area (Å²) in [5.41, 5.74) is 30.4. The Morgan fingerprint density at radius 2 is 0.277 bits per heavy atom. The average Bonchev–Trinajstić information content (AvgIpc) is 1.19. The molecule has 0 N–H and O–H groups in total. The highest BCUT2D eigenvalue weighted by molar-refractivity contribution is 6.27. The van der Waals surface area contributed by atoms with Crippen LogP contribution in [-0.2, 0) is 0 Å². The summed E-state index contributed by atoms with van der Waals surface area (Å²) in [5.74, 6) is 0. The van der Waals surface area contributed by atoms with Crippen LogP contribution in [0.5, 0.6) is 0 Å². The van der Waals surface area contributed by atoms with Gasteiger partial charge in [0.15, 0.2) is 0 Å².